The standard InChI is InChI=1S/C24H32ClN3O4S/c1-18-5-3-13-28(17-18)14-4-12-26-24(29)20-8-11-22(32-2)23(15-20)33(30,31)27-16-19-6-9-21(25)10-7-19/h6-11,15,18,27H,3-5,12-14,16-17H2,1-2H3,(H,26,29). The maximum absolute atomic E-state index is 12.9. The highest BCUT2D eigenvalue weighted by Crippen LogP contribution is 2.25. The molecule has 0 spiro atoms. The van der Waals surface area contributed by atoms with Gasteiger partial charge in [-0.25, -0.2) is 13.1 Å². The number of methoxy groups -OCH3 is 1. The highest BCUT2D eigenvalue weighted by Gasteiger charge is 2.22. The lowest BCUT2D eigenvalue weighted by atomic mass is 10.0. The average Bonchev–Trinajstić information content (AvgIpc) is 2.81. The first kappa shape index (κ1) is 25.5. The molecule has 3 rings (SSSR count). The van der Waals surface area contributed by atoms with Crippen molar-refractivity contribution in [3.05, 3.63) is 58.6 Å². The maximum Gasteiger partial charge on any atom is 0.251 e. The van der Waals surface area contributed by atoms with Crippen molar-refractivity contribution in [3.63, 3.8) is 0 Å². The number of sulfonamides is 1. The largest absolute Gasteiger partial charge is 0.495 e. The van der Waals surface area contributed by atoms with E-state index in [0.29, 0.717) is 11.6 Å². The second-order valence-corrected chi connectivity index (χ2v) is 10.6. The van der Waals surface area contributed by atoms with Gasteiger partial charge in [-0.1, -0.05) is 30.7 Å². The first-order valence-corrected chi connectivity index (χ1v) is 13.1. The monoisotopic (exact) mass is 493 g/mol. The zero-order valence-electron chi connectivity index (χ0n) is 19.1. The fraction of sp³-hybridized carbons (Fsp3) is 0.458. The fourth-order valence-electron chi connectivity index (χ4n) is 3.98. The van der Waals surface area contributed by atoms with E-state index in [1.807, 2.05) is 0 Å². The van der Waals surface area contributed by atoms with Crippen molar-refractivity contribution in [3.8, 4) is 5.75 Å². The Kier molecular flexibility index (Phi) is 9.14. The van der Waals surface area contributed by atoms with Gasteiger partial charge in [0.1, 0.15) is 10.6 Å². The van der Waals surface area contributed by atoms with Crippen LogP contribution in [0.15, 0.2) is 47.4 Å². The second-order valence-electron chi connectivity index (χ2n) is 8.47. The fourth-order valence-corrected chi connectivity index (χ4v) is 5.32. The third-order valence-electron chi connectivity index (χ3n) is 5.77. The van der Waals surface area contributed by atoms with Gasteiger partial charge in [0, 0.05) is 30.2 Å². The van der Waals surface area contributed by atoms with Crippen LogP contribution in [0.1, 0.15) is 42.1 Å². The molecule has 0 bridgehead atoms. The molecule has 1 saturated heterocycles. The van der Waals surface area contributed by atoms with Gasteiger partial charge in [0.25, 0.3) is 5.91 Å². The first-order chi connectivity index (χ1) is 15.8. The van der Waals surface area contributed by atoms with Crippen molar-refractivity contribution >= 4 is 27.5 Å². The molecule has 2 aromatic carbocycles. The maximum atomic E-state index is 12.9. The highest BCUT2D eigenvalue weighted by molar-refractivity contribution is 7.89. The third-order valence-corrected chi connectivity index (χ3v) is 7.45. The minimum Gasteiger partial charge on any atom is -0.495 e. The number of nitrogens with one attached hydrogen (secondary N) is 2. The molecule has 0 aliphatic carbocycles. The van der Waals surface area contributed by atoms with Crippen molar-refractivity contribution in [1.29, 1.82) is 0 Å². The van der Waals surface area contributed by atoms with E-state index in [4.69, 9.17) is 16.3 Å². The SMILES string of the molecule is COc1ccc(C(=O)NCCCN2CCCC(C)C2)cc1S(=O)(=O)NCc1ccc(Cl)cc1. The molecular formula is C24H32ClN3O4S. The summed E-state index contributed by atoms with van der Waals surface area (Å²) in [5.74, 6) is 0.592. The van der Waals surface area contributed by atoms with Crippen LogP contribution in [0.4, 0.5) is 0 Å². The lowest BCUT2D eigenvalue weighted by Crippen LogP contribution is -2.36. The van der Waals surface area contributed by atoms with Gasteiger partial charge in [-0.2, -0.15) is 0 Å². The minimum atomic E-state index is -3.91. The van der Waals surface area contributed by atoms with E-state index in [2.05, 4.69) is 21.9 Å². The zero-order valence-corrected chi connectivity index (χ0v) is 20.7. The van der Waals surface area contributed by atoms with Crippen LogP contribution in [-0.2, 0) is 16.6 Å². The van der Waals surface area contributed by atoms with Gasteiger partial charge in [0.15, 0.2) is 0 Å². The summed E-state index contributed by atoms with van der Waals surface area (Å²) in [4.78, 5) is 15.0. The van der Waals surface area contributed by atoms with Crippen LogP contribution in [-0.4, -0.2) is 52.5 Å². The lowest BCUT2D eigenvalue weighted by Gasteiger charge is -2.30. The van der Waals surface area contributed by atoms with Gasteiger partial charge in [0.2, 0.25) is 10.0 Å². The molecule has 1 aliphatic heterocycles. The molecule has 9 heteroatoms. The summed E-state index contributed by atoms with van der Waals surface area (Å²) in [6, 6.07) is 11.3. The second kappa shape index (κ2) is 11.8. The summed E-state index contributed by atoms with van der Waals surface area (Å²) in [7, 11) is -2.51. The van der Waals surface area contributed by atoms with E-state index in [1.54, 1.807) is 30.3 Å². The average molecular weight is 494 g/mol. The van der Waals surface area contributed by atoms with E-state index < -0.39 is 10.0 Å². The van der Waals surface area contributed by atoms with Gasteiger partial charge in [-0.15, -0.1) is 0 Å². The van der Waals surface area contributed by atoms with Crippen LogP contribution in [0.25, 0.3) is 0 Å². The summed E-state index contributed by atoms with van der Waals surface area (Å²) >= 11 is 5.88. The molecular weight excluding hydrogens is 462 g/mol. The molecule has 2 aromatic rings. The predicted octanol–water partition coefficient (Wildman–Crippen LogP) is 3.68. The summed E-state index contributed by atoms with van der Waals surface area (Å²) in [5, 5.41) is 3.47. The Hall–Kier alpha value is -2.13. The van der Waals surface area contributed by atoms with Crippen molar-refractivity contribution < 1.29 is 17.9 Å². The molecule has 1 aliphatic rings. The molecule has 7 nitrogen and oxygen atoms in total. The van der Waals surface area contributed by atoms with Crippen LogP contribution >= 0.6 is 11.6 Å². The van der Waals surface area contributed by atoms with Crippen LogP contribution in [0.3, 0.4) is 0 Å². The number of likely N-dealkylation sites (tertiary alicyclic amines) is 1. The van der Waals surface area contributed by atoms with E-state index in [1.165, 1.54) is 32.1 Å². The van der Waals surface area contributed by atoms with Crippen LogP contribution in [0.5, 0.6) is 5.75 Å². The smallest absolute Gasteiger partial charge is 0.251 e. The molecule has 1 heterocycles. The topological polar surface area (TPSA) is 87.7 Å². The van der Waals surface area contributed by atoms with Gasteiger partial charge < -0.3 is 15.0 Å². The summed E-state index contributed by atoms with van der Waals surface area (Å²) in [6.07, 6.45) is 3.36. The van der Waals surface area contributed by atoms with Crippen molar-refractivity contribution in [2.24, 2.45) is 5.92 Å². The van der Waals surface area contributed by atoms with Crippen LogP contribution in [0, 0.1) is 5.92 Å². The predicted molar refractivity (Wildman–Crippen MR) is 130 cm³/mol. The zero-order chi connectivity index (χ0) is 23.8. The normalized spacial score (nSPS) is 17.0. The van der Waals surface area contributed by atoms with Gasteiger partial charge in [-0.3, -0.25) is 4.79 Å². The molecule has 0 aromatic heterocycles. The number of amides is 1. The number of rotatable bonds is 10. The number of halogens is 1. The number of nitrogens with zero attached hydrogens (tertiary/aromatic N) is 1. The number of carbonyl (C=O) groups is 1. The number of hydrogen-bond acceptors (Lipinski definition) is 5. The van der Waals surface area contributed by atoms with Gasteiger partial charge >= 0.3 is 0 Å². The van der Waals surface area contributed by atoms with E-state index >= 15 is 0 Å². The van der Waals surface area contributed by atoms with Crippen molar-refractivity contribution in [1.82, 2.24) is 14.9 Å². The van der Waals surface area contributed by atoms with Crippen LogP contribution < -0.4 is 14.8 Å². The Bertz CT molecular complexity index is 1040. The number of carbonyl (C=O) groups excluding carboxylic acids is 1. The van der Waals surface area contributed by atoms with Crippen molar-refractivity contribution in [2.75, 3.05) is 33.3 Å². The molecule has 1 fully saturated rings. The Morgan fingerprint density at radius 1 is 1.21 bits per heavy atom. The van der Waals surface area contributed by atoms with E-state index in [0.717, 1.165) is 37.5 Å². The van der Waals surface area contributed by atoms with Crippen molar-refractivity contribution in [2.45, 2.75) is 37.6 Å². The number of benzene rings is 2. The summed E-state index contributed by atoms with van der Waals surface area (Å²) in [6.45, 7) is 6.06. The molecule has 1 atom stereocenters. The third kappa shape index (κ3) is 7.43. The van der Waals surface area contributed by atoms with E-state index in [9.17, 15) is 13.2 Å². The number of hydrogen-bond donors (Lipinski definition) is 2. The molecule has 1 unspecified atom stereocenters. The lowest BCUT2D eigenvalue weighted by molar-refractivity contribution is 0.0950. The number of piperidine rings is 1. The highest BCUT2D eigenvalue weighted by atomic mass is 35.5. The molecule has 2 N–H and O–H groups in total. The minimum absolute atomic E-state index is 0.0751. The summed E-state index contributed by atoms with van der Waals surface area (Å²) < 4.78 is 33.7. The molecule has 0 radical (unpaired) electrons. The molecule has 180 valence electrons. The molecule has 0 saturated carbocycles. The van der Waals surface area contributed by atoms with E-state index in [-0.39, 0.29) is 28.7 Å². The Morgan fingerprint density at radius 2 is 1.97 bits per heavy atom. The van der Waals surface area contributed by atoms with Gasteiger partial charge in [0.05, 0.1) is 7.11 Å². The Balaban J connectivity index is 1.60. The Labute approximate surface area is 201 Å². The number of ether oxygens (including phenoxy) is 1. The van der Waals surface area contributed by atoms with Gasteiger partial charge in [-0.05, 0) is 74.2 Å². The van der Waals surface area contributed by atoms with Crippen LogP contribution in [0.2, 0.25) is 5.02 Å². The first-order valence-electron chi connectivity index (χ1n) is 11.2. The quantitative estimate of drug-likeness (QED) is 0.493. The Morgan fingerprint density at radius 3 is 2.67 bits per heavy atom. The summed E-state index contributed by atoms with van der Waals surface area (Å²) in [5.41, 5.74) is 1.04. The molecule has 33 heavy (non-hydrogen) atoms. The molecule has 1 amide bonds.